The minimum Gasteiger partial charge on any atom is -0.493 e. The molecule has 9 nitrogen and oxygen atoms in total. The molecule has 0 saturated carbocycles. The van der Waals surface area contributed by atoms with E-state index in [1.807, 2.05) is 12.1 Å². The molecule has 160 valence electrons. The minimum atomic E-state index is -0.418. The number of hydrogen-bond donors (Lipinski definition) is 1. The summed E-state index contributed by atoms with van der Waals surface area (Å²) >= 11 is 1.21. The molecule has 0 fully saturated rings. The summed E-state index contributed by atoms with van der Waals surface area (Å²) < 4.78 is 11.5. The van der Waals surface area contributed by atoms with E-state index in [9.17, 15) is 4.79 Å². The van der Waals surface area contributed by atoms with Crippen LogP contribution in [-0.2, 0) is 0 Å². The van der Waals surface area contributed by atoms with Crippen LogP contribution >= 0.6 is 11.3 Å². The molecule has 1 amide bonds. The Balaban J connectivity index is 1.49. The number of ether oxygens (including phenoxy) is 2. The van der Waals surface area contributed by atoms with Crippen molar-refractivity contribution >= 4 is 22.4 Å². The Bertz CT molecular complexity index is 1220. The minimum absolute atomic E-state index is 0.353. The highest BCUT2D eigenvalue weighted by molar-refractivity contribution is 7.18. The van der Waals surface area contributed by atoms with Gasteiger partial charge in [0.25, 0.3) is 5.91 Å². The summed E-state index contributed by atoms with van der Waals surface area (Å²) in [6, 6.07) is 10.4. The van der Waals surface area contributed by atoms with Crippen molar-refractivity contribution in [3.8, 4) is 22.2 Å². The van der Waals surface area contributed by atoms with E-state index in [4.69, 9.17) is 9.47 Å². The summed E-state index contributed by atoms with van der Waals surface area (Å²) in [4.78, 5) is 24.8. The molecule has 0 aliphatic heterocycles. The van der Waals surface area contributed by atoms with Crippen molar-refractivity contribution in [1.29, 1.82) is 0 Å². The van der Waals surface area contributed by atoms with Crippen LogP contribution in [0.25, 0.3) is 10.7 Å². The summed E-state index contributed by atoms with van der Waals surface area (Å²) in [6.45, 7) is 3.83. The van der Waals surface area contributed by atoms with E-state index in [0.717, 1.165) is 5.56 Å². The van der Waals surface area contributed by atoms with Gasteiger partial charge in [0, 0.05) is 29.7 Å². The first-order valence-electron chi connectivity index (χ1n) is 9.46. The van der Waals surface area contributed by atoms with Crippen LogP contribution < -0.4 is 14.8 Å². The molecule has 0 aliphatic rings. The topological polar surface area (TPSA) is 112 Å². The number of anilines is 1. The predicted molar refractivity (Wildman–Crippen MR) is 120 cm³/mol. The van der Waals surface area contributed by atoms with Gasteiger partial charge in [-0.05, 0) is 36.4 Å². The second-order valence-electron chi connectivity index (χ2n) is 6.39. The summed E-state index contributed by atoms with van der Waals surface area (Å²) in [5.74, 6) is 0.528. The molecule has 0 bridgehead atoms. The maximum absolute atomic E-state index is 12.7. The first-order chi connectivity index (χ1) is 15.7. The zero-order valence-electron chi connectivity index (χ0n) is 17.0. The third kappa shape index (κ3) is 4.76. The van der Waals surface area contributed by atoms with Crippen molar-refractivity contribution in [2.24, 2.45) is 0 Å². The van der Waals surface area contributed by atoms with E-state index < -0.39 is 6.10 Å². The smallest absolute Gasteiger partial charge is 0.257 e. The molecule has 0 radical (unpaired) electrons. The van der Waals surface area contributed by atoms with E-state index in [1.165, 1.54) is 24.8 Å². The molecule has 0 aliphatic carbocycles. The number of pyridine rings is 1. The molecule has 1 atom stereocenters. The molecule has 4 aromatic rings. The molecule has 4 rings (SSSR count). The molecular weight excluding hydrogens is 428 g/mol. The Kier molecular flexibility index (Phi) is 6.42. The van der Waals surface area contributed by atoms with Crippen LogP contribution in [-0.4, -0.2) is 38.2 Å². The molecule has 0 spiro atoms. The number of nitrogens with one attached hydrogen (secondary N) is 1. The second-order valence-corrected chi connectivity index (χ2v) is 7.36. The fourth-order valence-corrected chi connectivity index (χ4v) is 3.52. The van der Waals surface area contributed by atoms with Gasteiger partial charge in [-0.3, -0.25) is 15.1 Å². The van der Waals surface area contributed by atoms with Crippen molar-refractivity contribution in [3.05, 3.63) is 85.1 Å². The molecule has 0 saturated heterocycles. The zero-order chi connectivity index (χ0) is 22.3. The van der Waals surface area contributed by atoms with E-state index in [2.05, 4.69) is 37.0 Å². The Morgan fingerprint density at radius 3 is 2.78 bits per heavy atom. The summed E-state index contributed by atoms with van der Waals surface area (Å²) in [6.07, 6.45) is 7.69. The van der Waals surface area contributed by atoms with Crippen LogP contribution in [0.4, 0.5) is 5.13 Å². The lowest BCUT2D eigenvalue weighted by Gasteiger charge is -2.18. The average molecular weight is 446 g/mol. The molecule has 1 N–H and O–H groups in total. The van der Waals surface area contributed by atoms with Gasteiger partial charge in [0.15, 0.2) is 16.5 Å². The van der Waals surface area contributed by atoms with Crippen LogP contribution in [0.3, 0.4) is 0 Å². The molecule has 10 heteroatoms. The maximum Gasteiger partial charge on any atom is 0.257 e. The van der Waals surface area contributed by atoms with E-state index in [1.54, 1.807) is 48.9 Å². The van der Waals surface area contributed by atoms with Gasteiger partial charge >= 0.3 is 0 Å². The van der Waals surface area contributed by atoms with Crippen LogP contribution in [0.5, 0.6) is 11.5 Å². The van der Waals surface area contributed by atoms with Crippen LogP contribution in [0.1, 0.15) is 22.0 Å². The molecule has 0 unspecified atom stereocenters. The fourth-order valence-electron chi connectivity index (χ4n) is 2.80. The second kappa shape index (κ2) is 9.75. The number of rotatable bonds is 8. The number of benzene rings is 1. The lowest BCUT2D eigenvalue weighted by atomic mass is 10.1. The average Bonchev–Trinajstić information content (AvgIpc) is 3.32. The Morgan fingerprint density at radius 2 is 2.06 bits per heavy atom. The summed E-state index contributed by atoms with van der Waals surface area (Å²) in [5, 5.41) is 11.7. The first-order valence-corrected chi connectivity index (χ1v) is 10.3. The number of methoxy groups -OCH3 is 1. The van der Waals surface area contributed by atoms with Gasteiger partial charge < -0.3 is 9.47 Å². The number of carbonyl (C=O) groups is 1. The monoisotopic (exact) mass is 446 g/mol. The van der Waals surface area contributed by atoms with Gasteiger partial charge in [0.1, 0.15) is 18.1 Å². The molecule has 1 aromatic carbocycles. The Morgan fingerprint density at radius 1 is 1.16 bits per heavy atom. The van der Waals surface area contributed by atoms with Crippen molar-refractivity contribution in [2.75, 3.05) is 12.4 Å². The largest absolute Gasteiger partial charge is 0.493 e. The maximum atomic E-state index is 12.7. The molecular formula is C22H18N6O3S. The normalized spacial score (nSPS) is 11.4. The fraction of sp³-hybridized carbons (Fsp3) is 0.0909. The van der Waals surface area contributed by atoms with Crippen molar-refractivity contribution < 1.29 is 14.3 Å². The predicted octanol–water partition coefficient (Wildman–Crippen LogP) is 3.96. The third-order valence-electron chi connectivity index (χ3n) is 4.35. The number of carbonyl (C=O) groups excluding carboxylic acids is 1. The van der Waals surface area contributed by atoms with E-state index >= 15 is 0 Å². The highest BCUT2D eigenvalue weighted by Crippen LogP contribution is 2.33. The summed E-state index contributed by atoms with van der Waals surface area (Å²) in [7, 11) is 1.51. The SMILES string of the molecule is C=C[C@H](Oc1ccc(C(=O)Nc2nnc(-c3ccncn3)s2)cc1OC)c1cccnc1. The third-order valence-corrected chi connectivity index (χ3v) is 5.21. The van der Waals surface area contributed by atoms with E-state index in [0.29, 0.717) is 32.9 Å². The highest BCUT2D eigenvalue weighted by Gasteiger charge is 2.17. The van der Waals surface area contributed by atoms with Gasteiger partial charge in [-0.1, -0.05) is 24.0 Å². The van der Waals surface area contributed by atoms with Crippen molar-refractivity contribution in [3.63, 3.8) is 0 Å². The number of nitrogens with zero attached hydrogens (tertiary/aromatic N) is 5. The molecule has 32 heavy (non-hydrogen) atoms. The summed E-state index contributed by atoms with van der Waals surface area (Å²) in [5.41, 5.74) is 1.86. The zero-order valence-corrected chi connectivity index (χ0v) is 17.8. The van der Waals surface area contributed by atoms with Crippen molar-refractivity contribution in [2.45, 2.75) is 6.10 Å². The van der Waals surface area contributed by atoms with Gasteiger partial charge in [0.05, 0.1) is 7.11 Å². The van der Waals surface area contributed by atoms with Crippen LogP contribution in [0.15, 0.2) is 74.0 Å². The van der Waals surface area contributed by atoms with Gasteiger partial charge in [0.2, 0.25) is 5.13 Å². The first kappa shape index (κ1) is 21.1. The highest BCUT2D eigenvalue weighted by atomic mass is 32.1. The van der Waals surface area contributed by atoms with Gasteiger partial charge in [-0.25, -0.2) is 9.97 Å². The molecule has 3 heterocycles. The van der Waals surface area contributed by atoms with Crippen LogP contribution in [0.2, 0.25) is 0 Å². The molecule has 3 aromatic heterocycles. The number of aromatic nitrogens is 5. The Labute approximate surface area is 187 Å². The van der Waals surface area contributed by atoms with Gasteiger partial charge in [-0.2, -0.15) is 0 Å². The number of amides is 1. The number of hydrogen-bond acceptors (Lipinski definition) is 9. The lowest BCUT2D eigenvalue weighted by molar-refractivity contribution is 0.102. The Hall–Kier alpha value is -4.18. The van der Waals surface area contributed by atoms with Crippen molar-refractivity contribution in [1.82, 2.24) is 25.1 Å². The van der Waals surface area contributed by atoms with Crippen LogP contribution in [0, 0.1) is 0 Å². The standard InChI is InChI=1S/C22H18N6O3S/c1-3-17(15-5-4-9-23-12-15)31-18-7-6-14(11-19(18)30-2)20(29)26-22-28-27-21(32-22)16-8-10-24-13-25-16/h3-13,17H,1H2,2H3,(H,26,28,29)/t17-/m0/s1. The van der Waals surface area contributed by atoms with Gasteiger partial charge in [-0.15, -0.1) is 10.2 Å². The quantitative estimate of drug-likeness (QED) is 0.405. The lowest BCUT2D eigenvalue weighted by Crippen LogP contribution is -2.12. The van der Waals surface area contributed by atoms with E-state index in [-0.39, 0.29) is 5.91 Å².